The van der Waals surface area contributed by atoms with E-state index >= 15 is 0 Å². The van der Waals surface area contributed by atoms with Crippen LogP contribution in [0.4, 0.5) is 11.6 Å². The van der Waals surface area contributed by atoms with Gasteiger partial charge in [0, 0.05) is 23.7 Å². The summed E-state index contributed by atoms with van der Waals surface area (Å²) in [6.45, 7) is 4.33. The Morgan fingerprint density at radius 3 is 2.38 bits per heavy atom. The second kappa shape index (κ2) is 6.74. The fraction of sp³-hybridized carbons (Fsp3) is 0.375. The third-order valence-corrected chi connectivity index (χ3v) is 4.97. The lowest BCUT2D eigenvalue weighted by Crippen LogP contribution is -2.18. The van der Waals surface area contributed by atoms with Gasteiger partial charge in [-0.25, -0.2) is 23.1 Å². The number of hydrogen-bond acceptors (Lipinski definition) is 6. The molecule has 0 amide bonds. The van der Waals surface area contributed by atoms with Gasteiger partial charge in [-0.05, 0) is 57.0 Å². The van der Waals surface area contributed by atoms with Crippen molar-refractivity contribution < 1.29 is 13.2 Å². The average Bonchev–Trinajstić information content (AvgIpc) is 2.99. The lowest BCUT2D eigenvalue weighted by Gasteiger charge is -2.14. The zero-order valence-electron chi connectivity index (χ0n) is 13.6. The van der Waals surface area contributed by atoms with E-state index in [1.54, 1.807) is 44.2 Å². The van der Waals surface area contributed by atoms with Crippen molar-refractivity contribution in [1.29, 1.82) is 0 Å². The van der Waals surface area contributed by atoms with Gasteiger partial charge in [0.15, 0.2) is 0 Å². The lowest BCUT2D eigenvalue weighted by molar-refractivity contribution is 0.132. The number of nitrogens with one attached hydrogen (secondary N) is 2. The van der Waals surface area contributed by atoms with E-state index in [0.29, 0.717) is 11.4 Å². The Morgan fingerprint density at radius 1 is 1.12 bits per heavy atom. The Labute approximate surface area is 141 Å². The number of aryl methyl sites for hydroxylation is 2. The maximum Gasteiger partial charge on any atom is 0.264 e. The molecule has 0 spiro atoms. The van der Waals surface area contributed by atoms with Crippen molar-refractivity contribution in [2.24, 2.45) is 0 Å². The van der Waals surface area contributed by atoms with E-state index in [2.05, 4.69) is 20.0 Å². The Hall–Kier alpha value is -2.19. The van der Waals surface area contributed by atoms with Gasteiger partial charge in [-0.2, -0.15) is 0 Å². The summed E-state index contributed by atoms with van der Waals surface area (Å²) in [6.07, 6.45) is 1.98. The minimum Gasteiger partial charge on any atom is -0.360 e. The molecule has 1 unspecified atom stereocenters. The molecule has 1 aromatic heterocycles. The zero-order chi connectivity index (χ0) is 17.2. The molecule has 0 saturated carbocycles. The molecule has 2 aromatic rings. The van der Waals surface area contributed by atoms with Crippen molar-refractivity contribution in [3.05, 3.63) is 41.7 Å². The summed E-state index contributed by atoms with van der Waals surface area (Å²) in [5.74, 6) is 0.0778. The molecule has 3 rings (SSSR count). The molecule has 128 valence electrons. The molecule has 24 heavy (non-hydrogen) atoms. The molecule has 2 heterocycles. The second-order valence-corrected chi connectivity index (χ2v) is 7.43. The van der Waals surface area contributed by atoms with Gasteiger partial charge in [-0.1, -0.05) is 0 Å². The number of benzene rings is 1. The van der Waals surface area contributed by atoms with Gasteiger partial charge in [0.05, 0.1) is 4.90 Å². The number of nitrogens with zero attached hydrogens (tertiary/aromatic N) is 2. The molecule has 7 nitrogen and oxygen atoms in total. The van der Waals surface area contributed by atoms with E-state index in [1.807, 2.05) is 0 Å². The Kier molecular flexibility index (Phi) is 4.68. The van der Waals surface area contributed by atoms with Crippen LogP contribution in [0.3, 0.4) is 0 Å². The third-order valence-electron chi connectivity index (χ3n) is 3.63. The highest BCUT2D eigenvalue weighted by Gasteiger charge is 2.18. The summed E-state index contributed by atoms with van der Waals surface area (Å²) < 4.78 is 32.8. The molecular weight excluding hydrogens is 328 g/mol. The maximum absolute atomic E-state index is 12.4. The maximum atomic E-state index is 12.4. The Balaban J connectivity index is 1.74. The van der Waals surface area contributed by atoms with Crippen LogP contribution in [0.25, 0.3) is 0 Å². The van der Waals surface area contributed by atoms with Gasteiger partial charge >= 0.3 is 0 Å². The molecule has 0 radical (unpaired) electrons. The Bertz CT molecular complexity index is 795. The molecule has 1 atom stereocenters. The van der Waals surface area contributed by atoms with Crippen LogP contribution in [-0.2, 0) is 14.8 Å². The predicted octanol–water partition coefficient (Wildman–Crippen LogP) is 2.44. The fourth-order valence-corrected chi connectivity index (χ4v) is 3.50. The van der Waals surface area contributed by atoms with Crippen molar-refractivity contribution in [3.8, 4) is 0 Å². The first-order valence-electron chi connectivity index (χ1n) is 7.76. The SMILES string of the molecule is Cc1cc(C)nc(NS(=O)(=O)c2ccc(NC3CCCO3)cc2)n1. The summed E-state index contributed by atoms with van der Waals surface area (Å²) in [5.41, 5.74) is 2.23. The number of aromatic nitrogens is 2. The van der Waals surface area contributed by atoms with E-state index in [0.717, 1.165) is 25.1 Å². The highest BCUT2D eigenvalue weighted by Crippen LogP contribution is 2.20. The Morgan fingerprint density at radius 2 is 1.79 bits per heavy atom. The molecule has 1 aromatic carbocycles. The van der Waals surface area contributed by atoms with Crippen LogP contribution in [0, 0.1) is 13.8 Å². The summed E-state index contributed by atoms with van der Waals surface area (Å²) in [6, 6.07) is 8.31. The molecule has 1 fully saturated rings. The van der Waals surface area contributed by atoms with E-state index in [9.17, 15) is 8.42 Å². The summed E-state index contributed by atoms with van der Waals surface area (Å²) in [4.78, 5) is 8.36. The topological polar surface area (TPSA) is 93.2 Å². The van der Waals surface area contributed by atoms with E-state index < -0.39 is 10.0 Å². The largest absolute Gasteiger partial charge is 0.360 e. The first-order valence-corrected chi connectivity index (χ1v) is 9.24. The molecule has 0 bridgehead atoms. The van der Waals surface area contributed by atoms with Crippen LogP contribution < -0.4 is 10.0 Å². The van der Waals surface area contributed by atoms with Crippen LogP contribution in [0.5, 0.6) is 0 Å². The van der Waals surface area contributed by atoms with Gasteiger partial charge in [-0.3, -0.25) is 0 Å². The molecule has 1 saturated heterocycles. The van der Waals surface area contributed by atoms with Gasteiger partial charge in [0.2, 0.25) is 5.95 Å². The van der Waals surface area contributed by atoms with Crippen LogP contribution in [0.1, 0.15) is 24.2 Å². The van der Waals surface area contributed by atoms with E-state index in [-0.39, 0.29) is 17.1 Å². The first-order chi connectivity index (χ1) is 11.4. The summed E-state index contributed by atoms with van der Waals surface area (Å²) in [5, 5.41) is 3.22. The van der Waals surface area contributed by atoms with Crippen molar-refractivity contribution in [2.75, 3.05) is 16.6 Å². The quantitative estimate of drug-likeness (QED) is 0.862. The highest BCUT2D eigenvalue weighted by atomic mass is 32.2. The number of rotatable bonds is 5. The van der Waals surface area contributed by atoms with Crippen molar-refractivity contribution in [2.45, 2.75) is 37.8 Å². The van der Waals surface area contributed by atoms with Crippen LogP contribution in [0.15, 0.2) is 35.2 Å². The normalized spacial score (nSPS) is 17.7. The van der Waals surface area contributed by atoms with Crippen LogP contribution >= 0.6 is 0 Å². The van der Waals surface area contributed by atoms with Crippen molar-refractivity contribution in [3.63, 3.8) is 0 Å². The van der Waals surface area contributed by atoms with Crippen molar-refractivity contribution in [1.82, 2.24) is 9.97 Å². The molecular formula is C16H20N4O3S. The second-order valence-electron chi connectivity index (χ2n) is 5.75. The number of sulfonamides is 1. The molecule has 1 aliphatic rings. The van der Waals surface area contributed by atoms with Gasteiger partial charge in [0.25, 0.3) is 10.0 Å². The highest BCUT2D eigenvalue weighted by molar-refractivity contribution is 7.92. The van der Waals surface area contributed by atoms with Crippen molar-refractivity contribution >= 4 is 21.7 Å². The first kappa shape index (κ1) is 16.7. The fourth-order valence-electron chi connectivity index (χ4n) is 2.56. The molecule has 8 heteroatoms. The lowest BCUT2D eigenvalue weighted by atomic mass is 10.3. The number of ether oxygens (including phenoxy) is 1. The summed E-state index contributed by atoms with van der Waals surface area (Å²) in [7, 11) is -3.72. The standard InChI is InChI=1S/C16H20N4O3S/c1-11-10-12(2)18-16(17-11)20-24(21,22)14-7-5-13(6-8-14)19-15-4-3-9-23-15/h5-8,10,15,19H,3-4,9H2,1-2H3,(H,17,18,20). The minimum absolute atomic E-state index is 0.00532. The summed E-state index contributed by atoms with van der Waals surface area (Å²) >= 11 is 0. The van der Waals surface area contributed by atoms with Crippen LogP contribution in [-0.4, -0.2) is 31.2 Å². The third kappa shape index (κ3) is 4.01. The van der Waals surface area contributed by atoms with Gasteiger partial charge in [-0.15, -0.1) is 0 Å². The minimum atomic E-state index is -3.72. The molecule has 0 aliphatic carbocycles. The predicted molar refractivity (Wildman–Crippen MR) is 91.4 cm³/mol. The monoisotopic (exact) mass is 348 g/mol. The van der Waals surface area contributed by atoms with Gasteiger partial charge < -0.3 is 10.1 Å². The molecule has 2 N–H and O–H groups in total. The van der Waals surface area contributed by atoms with Gasteiger partial charge in [0.1, 0.15) is 6.23 Å². The average molecular weight is 348 g/mol. The van der Waals surface area contributed by atoms with Crippen LogP contribution in [0.2, 0.25) is 0 Å². The smallest absolute Gasteiger partial charge is 0.264 e. The number of hydrogen-bond donors (Lipinski definition) is 2. The zero-order valence-corrected chi connectivity index (χ0v) is 14.4. The number of anilines is 2. The van der Waals surface area contributed by atoms with E-state index in [1.165, 1.54) is 0 Å². The van der Waals surface area contributed by atoms with E-state index in [4.69, 9.17) is 4.74 Å². The molecule has 1 aliphatic heterocycles.